The van der Waals surface area contributed by atoms with Gasteiger partial charge in [-0.25, -0.2) is 13.6 Å². The minimum absolute atomic E-state index is 0.0628. The van der Waals surface area contributed by atoms with Crippen LogP contribution in [0.25, 0.3) is 0 Å². The molecule has 19 heavy (non-hydrogen) atoms. The van der Waals surface area contributed by atoms with Gasteiger partial charge < -0.3 is 5.32 Å². The summed E-state index contributed by atoms with van der Waals surface area (Å²) in [7, 11) is -1.77. The molecule has 0 aliphatic carbocycles. The van der Waals surface area contributed by atoms with Crippen LogP contribution in [0.4, 0.5) is 5.69 Å². The van der Waals surface area contributed by atoms with Crippen molar-refractivity contribution >= 4 is 15.7 Å². The Morgan fingerprint density at radius 1 is 1.26 bits per heavy atom. The summed E-state index contributed by atoms with van der Waals surface area (Å²) >= 11 is 0. The largest absolute Gasteiger partial charge is 0.377 e. The van der Waals surface area contributed by atoms with Crippen LogP contribution in [0.1, 0.15) is 18.7 Å². The van der Waals surface area contributed by atoms with E-state index in [0.29, 0.717) is 0 Å². The zero-order valence-corrected chi connectivity index (χ0v) is 11.6. The molecule has 1 heterocycles. The minimum Gasteiger partial charge on any atom is -0.377 e. The molecule has 7 heteroatoms. The average Bonchev–Trinajstić information content (AvgIpc) is 2.75. The Morgan fingerprint density at radius 2 is 1.89 bits per heavy atom. The first-order chi connectivity index (χ1) is 8.88. The highest BCUT2D eigenvalue weighted by Gasteiger charge is 2.10. The molecule has 0 saturated heterocycles. The molecule has 0 bridgehead atoms. The number of nitrogens with two attached hydrogens (primary N) is 1. The summed E-state index contributed by atoms with van der Waals surface area (Å²) in [6.45, 7) is 2.00. The van der Waals surface area contributed by atoms with E-state index in [-0.39, 0.29) is 10.9 Å². The molecule has 2 aromatic rings. The molecule has 0 aliphatic heterocycles. The second-order valence-electron chi connectivity index (χ2n) is 4.32. The summed E-state index contributed by atoms with van der Waals surface area (Å²) in [5.74, 6) is 0. The average molecular weight is 280 g/mol. The lowest BCUT2D eigenvalue weighted by Crippen LogP contribution is -2.13. The molecule has 1 unspecified atom stereocenters. The van der Waals surface area contributed by atoms with Gasteiger partial charge in [0.2, 0.25) is 10.0 Å². The molecule has 3 N–H and O–H groups in total. The van der Waals surface area contributed by atoms with Crippen molar-refractivity contribution in [3.8, 4) is 0 Å². The molecule has 2 rings (SSSR count). The maximum absolute atomic E-state index is 11.1. The SMILES string of the molecule is CC(Nc1ccc(S(N)(=O)=O)cc1)c1ccnn1C. The van der Waals surface area contributed by atoms with Gasteiger partial charge in [0.1, 0.15) is 0 Å². The highest BCUT2D eigenvalue weighted by Crippen LogP contribution is 2.19. The lowest BCUT2D eigenvalue weighted by atomic mass is 10.2. The van der Waals surface area contributed by atoms with Crippen molar-refractivity contribution < 1.29 is 8.42 Å². The first-order valence-electron chi connectivity index (χ1n) is 5.75. The van der Waals surface area contributed by atoms with E-state index in [0.717, 1.165) is 11.4 Å². The maximum atomic E-state index is 11.1. The van der Waals surface area contributed by atoms with Gasteiger partial charge in [-0.3, -0.25) is 4.68 Å². The number of hydrogen-bond acceptors (Lipinski definition) is 4. The number of anilines is 1. The van der Waals surface area contributed by atoms with Gasteiger partial charge in [-0.2, -0.15) is 5.10 Å². The maximum Gasteiger partial charge on any atom is 0.238 e. The first kappa shape index (κ1) is 13.6. The van der Waals surface area contributed by atoms with Crippen LogP contribution in [0.15, 0.2) is 41.4 Å². The van der Waals surface area contributed by atoms with E-state index in [2.05, 4.69) is 10.4 Å². The van der Waals surface area contributed by atoms with Gasteiger partial charge in [-0.15, -0.1) is 0 Å². The Balaban J connectivity index is 2.14. The quantitative estimate of drug-likeness (QED) is 0.881. The fourth-order valence-electron chi connectivity index (χ4n) is 1.87. The van der Waals surface area contributed by atoms with Gasteiger partial charge >= 0.3 is 0 Å². The topological polar surface area (TPSA) is 90.0 Å². The number of aryl methyl sites for hydroxylation is 1. The Labute approximate surface area is 112 Å². The molecule has 6 nitrogen and oxygen atoms in total. The number of rotatable bonds is 4. The standard InChI is InChI=1S/C12H16N4O2S/c1-9(12-7-8-14-16(12)2)15-10-3-5-11(6-4-10)19(13,17)18/h3-9,15H,1-2H3,(H2,13,17,18). The lowest BCUT2D eigenvalue weighted by molar-refractivity contribution is 0.598. The Hall–Kier alpha value is -1.86. The molecule has 0 spiro atoms. The van der Waals surface area contributed by atoms with Gasteiger partial charge in [0.05, 0.1) is 16.6 Å². The molecular formula is C12H16N4O2S. The van der Waals surface area contributed by atoms with E-state index in [1.807, 2.05) is 20.0 Å². The van der Waals surface area contributed by atoms with Crippen molar-refractivity contribution in [3.63, 3.8) is 0 Å². The second-order valence-corrected chi connectivity index (χ2v) is 5.88. The van der Waals surface area contributed by atoms with Crippen molar-refractivity contribution in [2.24, 2.45) is 12.2 Å². The van der Waals surface area contributed by atoms with Crippen molar-refractivity contribution in [3.05, 3.63) is 42.2 Å². The molecule has 102 valence electrons. The van der Waals surface area contributed by atoms with Crippen molar-refractivity contribution in [1.82, 2.24) is 9.78 Å². The van der Waals surface area contributed by atoms with Crippen LogP contribution in [-0.2, 0) is 17.1 Å². The van der Waals surface area contributed by atoms with Gasteiger partial charge in [0.15, 0.2) is 0 Å². The smallest absolute Gasteiger partial charge is 0.238 e. The molecule has 0 amide bonds. The van der Waals surface area contributed by atoms with Crippen LogP contribution in [-0.4, -0.2) is 18.2 Å². The third-order valence-corrected chi connectivity index (χ3v) is 3.80. The lowest BCUT2D eigenvalue weighted by Gasteiger charge is -2.15. The predicted molar refractivity (Wildman–Crippen MR) is 73.1 cm³/mol. The number of aromatic nitrogens is 2. The number of hydrogen-bond donors (Lipinski definition) is 2. The van der Waals surface area contributed by atoms with E-state index < -0.39 is 10.0 Å². The second kappa shape index (κ2) is 5.02. The van der Waals surface area contributed by atoms with Gasteiger partial charge in [-0.05, 0) is 37.3 Å². The first-order valence-corrected chi connectivity index (χ1v) is 7.30. The Bertz CT molecular complexity index is 661. The molecule has 0 saturated carbocycles. The van der Waals surface area contributed by atoms with Crippen LogP contribution >= 0.6 is 0 Å². The summed E-state index contributed by atoms with van der Waals surface area (Å²) in [5, 5.41) is 12.4. The van der Waals surface area contributed by atoms with Crippen LogP contribution in [0.2, 0.25) is 0 Å². The summed E-state index contributed by atoms with van der Waals surface area (Å²) in [6.07, 6.45) is 1.73. The third kappa shape index (κ3) is 3.12. The van der Waals surface area contributed by atoms with E-state index in [1.165, 1.54) is 12.1 Å². The van der Waals surface area contributed by atoms with Crippen LogP contribution in [0.5, 0.6) is 0 Å². The van der Waals surface area contributed by atoms with Crippen LogP contribution in [0, 0.1) is 0 Å². The molecule has 1 aromatic carbocycles. The molecule has 1 aromatic heterocycles. The van der Waals surface area contributed by atoms with E-state index >= 15 is 0 Å². The molecular weight excluding hydrogens is 264 g/mol. The highest BCUT2D eigenvalue weighted by molar-refractivity contribution is 7.89. The third-order valence-electron chi connectivity index (χ3n) is 2.87. The van der Waals surface area contributed by atoms with Crippen molar-refractivity contribution in [2.45, 2.75) is 17.9 Å². The zero-order valence-electron chi connectivity index (χ0n) is 10.7. The molecule has 0 radical (unpaired) electrons. The van der Waals surface area contributed by atoms with E-state index in [4.69, 9.17) is 5.14 Å². The fraction of sp³-hybridized carbons (Fsp3) is 0.250. The summed E-state index contributed by atoms with van der Waals surface area (Å²) < 4.78 is 24.1. The number of nitrogens with zero attached hydrogens (tertiary/aromatic N) is 2. The minimum atomic E-state index is -3.64. The fourth-order valence-corrected chi connectivity index (χ4v) is 2.39. The highest BCUT2D eigenvalue weighted by atomic mass is 32.2. The summed E-state index contributed by atoms with van der Waals surface area (Å²) in [4.78, 5) is 0.103. The number of nitrogens with one attached hydrogen (secondary N) is 1. The van der Waals surface area contributed by atoms with Crippen molar-refractivity contribution in [1.29, 1.82) is 0 Å². The van der Waals surface area contributed by atoms with Gasteiger partial charge in [0, 0.05) is 18.9 Å². The number of sulfonamides is 1. The van der Waals surface area contributed by atoms with E-state index in [9.17, 15) is 8.42 Å². The van der Waals surface area contributed by atoms with Gasteiger partial charge in [-0.1, -0.05) is 0 Å². The number of benzene rings is 1. The summed E-state index contributed by atoms with van der Waals surface area (Å²) in [6, 6.07) is 8.32. The van der Waals surface area contributed by atoms with Gasteiger partial charge in [0.25, 0.3) is 0 Å². The summed E-state index contributed by atoms with van der Waals surface area (Å²) in [5.41, 5.74) is 1.86. The monoisotopic (exact) mass is 280 g/mol. The van der Waals surface area contributed by atoms with E-state index in [1.54, 1.807) is 23.0 Å². The Morgan fingerprint density at radius 3 is 2.37 bits per heavy atom. The number of primary sulfonamides is 1. The molecule has 0 fully saturated rings. The normalized spacial score (nSPS) is 13.2. The van der Waals surface area contributed by atoms with Crippen LogP contribution in [0.3, 0.4) is 0 Å². The Kier molecular flexibility index (Phi) is 3.59. The predicted octanol–water partition coefficient (Wildman–Crippen LogP) is 1.24. The van der Waals surface area contributed by atoms with Crippen LogP contribution < -0.4 is 10.5 Å². The molecule has 0 aliphatic rings. The molecule has 1 atom stereocenters. The zero-order chi connectivity index (χ0) is 14.0. The van der Waals surface area contributed by atoms with Crippen molar-refractivity contribution in [2.75, 3.05) is 5.32 Å².